The molecule has 0 unspecified atom stereocenters. The van der Waals surface area contributed by atoms with Crippen LogP contribution in [-0.4, -0.2) is 18.5 Å². The molecular weight excluding hydrogens is 439 g/mol. The van der Waals surface area contributed by atoms with Gasteiger partial charge in [0, 0.05) is 23.9 Å². The second-order valence-corrected chi connectivity index (χ2v) is 8.66. The molecule has 8 heteroatoms. The van der Waals surface area contributed by atoms with E-state index >= 15 is 0 Å². The highest BCUT2D eigenvalue weighted by Crippen LogP contribution is 2.36. The number of rotatable bonds is 1. The third kappa shape index (κ3) is 4.24. The number of alkyl halides is 3. The first-order valence-corrected chi connectivity index (χ1v) is 11.2. The lowest BCUT2D eigenvalue weighted by Gasteiger charge is -2.19. The number of fused-ring (bicyclic) bond motifs is 5. The average molecular weight is 457 g/mol. The Bertz CT molecular complexity index is 1390. The zero-order valence-corrected chi connectivity index (χ0v) is 17.5. The van der Waals surface area contributed by atoms with Crippen LogP contribution >= 0.6 is 0 Å². The third-order valence-corrected chi connectivity index (χ3v) is 5.89. The number of aryl methyl sites for hydroxylation is 2. The van der Waals surface area contributed by atoms with Crippen LogP contribution in [0.3, 0.4) is 0 Å². The summed E-state index contributed by atoms with van der Waals surface area (Å²) in [5, 5.41) is 1.31. The van der Waals surface area contributed by atoms with Crippen LogP contribution in [0.15, 0.2) is 84.9 Å². The molecular formula is C24H18F3NO3S. The highest BCUT2D eigenvalue weighted by Gasteiger charge is 2.37. The number of para-hydroxylation sites is 1. The van der Waals surface area contributed by atoms with Gasteiger partial charge in [-0.3, -0.25) is 0 Å². The van der Waals surface area contributed by atoms with E-state index in [4.69, 9.17) is 13.0 Å². The maximum atomic E-state index is 10.7. The first-order valence-electron chi connectivity index (χ1n) is 9.78. The van der Waals surface area contributed by atoms with Gasteiger partial charge in [-0.1, -0.05) is 60.7 Å². The Morgan fingerprint density at radius 1 is 0.812 bits per heavy atom. The molecule has 32 heavy (non-hydrogen) atoms. The molecule has 2 heterocycles. The first kappa shape index (κ1) is 22.0. The summed E-state index contributed by atoms with van der Waals surface area (Å²) in [6, 6.07) is 30.6. The standard InChI is InChI=1S/C23H18N.CHF3O3S/c1-2-7-17(8-3-1)20-11-6-10-19-15-16-24-21-12-5-4-9-18(21)13-14-22(24)23(19)20;2-1(3,4)8(5,6)7/h1-14H,15-16H2;(H,5,6,7)/q+1;/p-1. The van der Waals surface area contributed by atoms with Crippen LogP contribution in [0.25, 0.3) is 33.3 Å². The van der Waals surface area contributed by atoms with Gasteiger partial charge >= 0.3 is 5.51 Å². The Labute approximate surface area is 183 Å². The minimum absolute atomic E-state index is 1.04. The van der Waals surface area contributed by atoms with E-state index < -0.39 is 15.6 Å². The number of hydrogen-bond donors (Lipinski definition) is 0. The molecule has 0 N–H and O–H groups in total. The minimum atomic E-state index is -6.09. The van der Waals surface area contributed by atoms with Crippen molar-refractivity contribution in [1.82, 2.24) is 0 Å². The second-order valence-electron chi connectivity index (χ2n) is 7.28. The molecule has 1 aliphatic rings. The topological polar surface area (TPSA) is 61.1 Å². The lowest BCUT2D eigenvalue weighted by atomic mass is 9.89. The van der Waals surface area contributed by atoms with Gasteiger partial charge in [0.1, 0.15) is 0 Å². The molecule has 5 rings (SSSR count). The van der Waals surface area contributed by atoms with Crippen LogP contribution in [-0.2, 0) is 23.1 Å². The van der Waals surface area contributed by atoms with E-state index in [0.29, 0.717) is 0 Å². The van der Waals surface area contributed by atoms with Crippen molar-refractivity contribution in [2.24, 2.45) is 0 Å². The molecule has 0 atom stereocenters. The SMILES string of the molecule is O=S(=O)([O-])C(F)(F)F.c1ccc(-c2cccc3c2-c2ccc4ccccc4[n+]2CC3)cc1. The molecule has 4 aromatic rings. The Hall–Kier alpha value is -3.23. The van der Waals surface area contributed by atoms with E-state index in [1.54, 1.807) is 0 Å². The van der Waals surface area contributed by atoms with Crippen LogP contribution in [0.1, 0.15) is 5.56 Å². The van der Waals surface area contributed by atoms with Crippen molar-refractivity contribution in [3.63, 3.8) is 0 Å². The van der Waals surface area contributed by atoms with Crippen molar-refractivity contribution in [2.45, 2.75) is 18.5 Å². The van der Waals surface area contributed by atoms with Crippen molar-refractivity contribution < 1.29 is 30.7 Å². The maximum absolute atomic E-state index is 10.7. The Balaban J connectivity index is 0.000000265. The van der Waals surface area contributed by atoms with E-state index in [1.165, 1.54) is 38.9 Å². The molecule has 0 amide bonds. The minimum Gasteiger partial charge on any atom is -0.741 e. The highest BCUT2D eigenvalue weighted by atomic mass is 32.2. The molecule has 0 fully saturated rings. The van der Waals surface area contributed by atoms with E-state index in [-0.39, 0.29) is 0 Å². The summed E-state index contributed by atoms with van der Waals surface area (Å²) in [5.74, 6) is 0. The summed E-state index contributed by atoms with van der Waals surface area (Å²) in [6.45, 7) is 1.04. The van der Waals surface area contributed by atoms with Crippen LogP contribution in [0, 0.1) is 0 Å². The van der Waals surface area contributed by atoms with Crippen LogP contribution in [0.4, 0.5) is 13.2 Å². The predicted molar refractivity (Wildman–Crippen MR) is 114 cm³/mol. The van der Waals surface area contributed by atoms with E-state index in [2.05, 4.69) is 89.5 Å². The fourth-order valence-electron chi connectivity index (χ4n) is 3.92. The van der Waals surface area contributed by atoms with Crippen molar-refractivity contribution in [3.8, 4) is 22.4 Å². The molecule has 0 radical (unpaired) electrons. The van der Waals surface area contributed by atoms with Gasteiger partial charge in [-0.05, 0) is 28.8 Å². The van der Waals surface area contributed by atoms with Gasteiger partial charge in [0.25, 0.3) is 0 Å². The molecule has 4 nitrogen and oxygen atoms in total. The molecule has 3 aromatic carbocycles. The highest BCUT2D eigenvalue weighted by molar-refractivity contribution is 7.86. The normalized spacial score (nSPS) is 13.0. The van der Waals surface area contributed by atoms with Gasteiger partial charge in [0.2, 0.25) is 11.2 Å². The summed E-state index contributed by atoms with van der Waals surface area (Å²) in [4.78, 5) is 0. The molecule has 0 aliphatic carbocycles. The van der Waals surface area contributed by atoms with Gasteiger partial charge in [0.05, 0.1) is 5.56 Å². The van der Waals surface area contributed by atoms with Gasteiger partial charge in [-0.25, -0.2) is 8.42 Å². The zero-order chi connectivity index (χ0) is 22.9. The second kappa shape index (κ2) is 8.37. The average Bonchev–Trinajstić information content (AvgIpc) is 2.78. The van der Waals surface area contributed by atoms with Crippen molar-refractivity contribution in [1.29, 1.82) is 0 Å². The zero-order valence-electron chi connectivity index (χ0n) is 16.7. The fourth-order valence-corrected chi connectivity index (χ4v) is 3.92. The molecule has 0 bridgehead atoms. The lowest BCUT2D eigenvalue weighted by molar-refractivity contribution is -0.661. The summed E-state index contributed by atoms with van der Waals surface area (Å²) in [6.07, 6.45) is 1.09. The van der Waals surface area contributed by atoms with Gasteiger partial charge in [-0.15, -0.1) is 0 Å². The summed E-state index contributed by atoms with van der Waals surface area (Å²) in [7, 11) is -6.09. The maximum Gasteiger partial charge on any atom is 0.485 e. The summed E-state index contributed by atoms with van der Waals surface area (Å²) < 4.78 is 61.4. The number of benzene rings is 3. The van der Waals surface area contributed by atoms with Gasteiger partial charge in [-0.2, -0.15) is 17.7 Å². The molecule has 164 valence electrons. The van der Waals surface area contributed by atoms with Crippen LogP contribution in [0.2, 0.25) is 0 Å². The summed E-state index contributed by atoms with van der Waals surface area (Å²) >= 11 is 0. The number of halogens is 3. The van der Waals surface area contributed by atoms with Crippen molar-refractivity contribution in [3.05, 3.63) is 90.5 Å². The van der Waals surface area contributed by atoms with Crippen LogP contribution in [0.5, 0.6) is 0 Å². The summed E-state index contributed by atoms with van der Waals surface area (Å²) in [5.41, 5.74) is 2.46. The number of nitrogens with zero attached hydrogens (tertiary/aromatic N) is 1. The smallest absolute Gasteiger partial charge is 0.485 e. The quantitative estimate of drug-likeness (QED) is 0.228. The molecule has 1 aromatic heterocycles. The number of pyridine rings is 1. The number of hydrogen-bond acceptors (Lipinski definition) is 3. The molecule has 0 saturated heterocycles. The predicted octanol–water partition coefficient (Wildman–Crippen LogP) is 5.07. The molecule has 1 aliphatic heterocycles. The molecule has 0 saturated carbocycles. The van der Waals surface area contributed by atoms with E-state index in [0.717, 1.165) is 13.0 Å². The van der Waals surface area contributed by atoms with E-state index in [9.17, 15) is 13.2 Å². The third-order valence-electron chi connectivity index (χ3n) is 5.32. The van der Waals surface area contributed by atoms with Crippen molar-refractivity contribution >= 4 is 21.0 Å². The monoisotopic (exact) mass is 457 g/mol. The number of aromatic nitrogens is 1. The molecule has 0 spiro atoms. The fraction of sp³-hybridized carbons (Fsp3) is 0.125. The van der Waals surface area contributed by atoms with Crippen LogP contribution < -0.4 is 4.57 Å². The van der Waals surface area contributed by atoms with Gasteiger partial charge < -0.3 is 4.55 Å². The largest absolute Gasteiger partial charge is 0.741 e. The lowest BCUT2D eigenvalue weighted by Crippen LogP contribution is -2.41. The van der Waals surface area contributed by atoms with E-state index in [1.807, 2.05) is 0 Å². The van der Waals surface area contributed by atoms with Gasteiger partial charge in [0.15, 0.2) is 16.7 Å². The Kier molecular flexibility index (Phi) is 5.75. The Morgan fingerprint density at radius 3 is 2.16 bits per heavy atom. The first-order chi connectivity index (χ1) is 15.2. The Morgan fingerprint density at radius 2 is 1.47 bits per heavy atom. The van der Waals surface area contributed by atoms with Crippen molar-refractivity contribution in [2.75, 3.05) is 0 Å².